The summed E-state index contributed by atoms with van der Waals surface area (Å²) in [5.41, 5.74) is 17.5. The zero-order valence-corrected chi connectivity index (χ0v) is 21.2. The highest BCUT2D eigenvalue weighted by Crippen LogP contribution is 2.46. The lowest BCUT2D eigenvalue weighted by Crippen LogP contribution is -2.45. The number of nitrogens with two attached hydrogens (primary N) is 1. The van der Waals surface area contributed by atoms with Gasteiger partial charge in [-0.05, 0) is 75.6 Å². The van der Waals surface area contributed by atoms with Gasteiger partial charge >= 0.3 is 0 Å². The molecule has 0 spiro atoms. The second-order valence-corrected chi connectivity index (χ2v) is 14.7. The average molecular weight is 407 g/mol. The highest BCUT2D eigenvalue weighted by atomic mass is 28.3. The zero-order valence-electron chi connectivity index (χ0n) is 20.2. The van der Waals surface area contributed by atoms with Crippen molar-refractivity contribution in [2.75, 3.05) is 0 Å². The Hall–Kier alpha value is -1.38. The Morgan fingerprint density at radius 1 is 0.793 bits per heavy atom. The van der Waals surface area contributed by atoms with Gasteiger partial charge in [-0.15, -0.1) is 0 Å². The van der Waals surface area contributed by atoms with Gasteiger partial charge in [0.1, 0.15) is 0 Å². The summed E-state index contributed by atoms with van der Waals surface area (Å²) in [7, 11) is -0.607. The molecule has 157 valence electrons. The van der Waals surface area contributed by atoms with Crippen LogP contribution < -0.4 is 5.73 Å². The molecular formula is C27H40NSi. The first-order chi connectivity index (χ1) is 13.1. The molecule has 1 atom stereocenters. The minimum Gasteiger partial charge on any atom is -0.325 e. The molecule has 29 heavy (non-hydrogen) atoms. The Kier molecular flexibility index (Phi) is 5.46. The van der Waals surface area contributed by atoms with Crippen molar-refractivity contribution in [1.29, 1.82) is 0 Å². The van der Waals surface area contributed by atoms with Crippen molar-refractivity contribution in [3.63, 3.8) is 0 Å². The van der Waals surface area contributed by atoms with Crippen molar-refractivity contribution in [3.05, 3.63) is 58.1 Å². The van der Waals surface area contributed by atoms with Crippen LogP contribution in [0.5, 0.6) is 0 Å². The summed E-state index contributed by atoms with van der Waals surface area (Å²) in [5, 5.41) is 0. The van der Waals surface area contributed by atoms with Crippen molar-refractivity contribution in [2.24, 2.45) is 5.73 Å². The third-order valence-electron chi connectivity index (χ3n) is 6.42. The first kappa shape index (κ1) is 22.3. The smallest absolute Gasteiger partial charge is 0.0521 e. The van der Waals surface area contributed by atoms with Gasteiger partial charge in [0.15, 0.2) is 0 Å². The van der Waals surface area contributed by atoms with Gasteiger partial charge in [-0.2, -0.15) is 0 Å². The normalized spacial score (nSPS) is 15.4. The number of hydrogen-bond donors (Lipinski definition) is 1. The van der Waals surface area contributed by atoms with Crippen LogP contribution in [0, 0.1) is 0 Å². The summed E-state index contributed by atoms with van der Waals surface area (Å²) in [5.74, 6) is 0. The molecule has 2 N–H and O–H groups in total. The van der Waals surface area contributed by atoms with Gasteiger partial charge in [0.05, 0.1) is 8.80 Å². The monoisotopic (exact) mass is 406 g/mol. The predicted molar refractivity (Wildman–Crippen MR) is 131 cm³/mol. The molecule has 2 aromatic carbocycles. The second kappa shape index (κ2) is 7.09. The maximum absolute atomic E-state index is 6.78. The molecule has 0 saturated carbocycles. The third-order valence-corrected chi connectivity index (χ3v) is 8.63. The maximum atomic E-state index is 6.78. The summed E-state index contributed by atoms with van der Waals surface area (Å²) in [4.78, 5) is 0. The van der Waals surface area contributed by atoms with E-state index in [2.05, 4.69) is 98.8 Å². The van der Waals surface area contributed by atoms with Crippen molar-refractivity contribution in [3.8, 4) is 11.1 Å². The fourth-order valence-corrected chi connectivity index (χ4v) is 7.28. The Morgan fingerprint density at radius 3 is 1.83 bits per heavy atom. The van der Waals surface area contributed by atoms with Gasteiger partial charge in [0.25, 0.3) is 0 Å². The molecule has 3 rings (SSSR count). The van der Waals surface area contributed by atoms with Crippen LogP contribution in [0.2, 0.25) is 13.1 Å². The minimum absolute atomic E-state index is 0.117. The Balaban J connectivity index is 2.31. The summed E-state index contributed by atoms with van der Waals surface area (Å²) in [6.07, 6.45) is 1.04. The fourth-order valence-electron chi connectivity index (χ4n) is 4.92. The molecule has 1 unspecified atom stereocenters. The Labute approximate surface area is 180 Å². The molecular weight excluding hydrogens is 366 g/mol. The second-order valence-electron chi connectivity index (χ2n) is 12.0. The molecule has 1 aliphatic carbocycles. The molecule has 0 aromatic heterocycles. The topological polar surface area (TPSA) is 26.0 Å². The fraction of sp³-hybridized carbons (Fsp3) is 0.556. The van der Waals surface area contributed by atoms with E-state index >= 15 is 0 Å². The molecule has 1 nitrogen and oxygen atoms in total. The van der Waals surface area contributed by atoms with Crippen molar-refractivity contribution in [1.82, 2.24) is 0 Å². The van der Waals surface area contributed by atoms with Crippen LogP contribution in [0.25, 0.3) is 11.1 Å². The first-order valence-electron chi connectivity index (χ1n) is 11.0. The van der Waals surface area contributed by atoms with E-state index < -0.39 is 8.80 Å². The number of benzene rings is 2. The van der Waals surface area contributed by atoms with Crippen LogP contribution in [0.4, 0.5) is 0 Å². The summed E-state index contributed by atoms with van der Waals surface area (Å²) in [6, 6.07) is 12.1. The summed E-state index contributed by atoms with van der Waals surface area (Å²) < 4.78 is 0. The molecule has 2 heteroatoms. The van der Waals surface area contributed by atoms with E-state index in [1.54, 1.807) is 0 Å². The van der Waals surface area contributed by atoms with Gasteiger partial charge in [-0.3, -0.25) is 0 Å². The van der Waals surface area contributed by atoms with Crippen molar-refractivity contribution in [2.45, 2.75) is 96.8 Å². The largest absolute Gasteiger partial charge is 0.325 e. The van der Waals surface area contributed by atoms with Gasteiger partial charge < -0.3 is 5.73 Å². The van der Waals surface area contributed by atoms with Gasteiger partial charge in [0.2, 0.25) is 0 Å². The lowest BCUT2D eigenvalue weighted by molar-refractivity contribution is 0.488. The Bertz CT molecular complexity index is 917. The van der Waals surface area contributed by atoms with E-state index in [0.29, 0.717) is 5.54 Å². The Morgan fingerprint density at radius 2 is 1.34 bits per heavy atom. The average Bonchev–Trinajstić information content (AvgIpc) is 2.89. The molecule has 0 saturated heterocycles. The van der Waals surface area contributed by atoms with Crippen LogP contribution >= 0.6 is 0 Å². The van der Waals surface area contributed by atoms with Gasteiger partial charge in [0, 0.05) is 5.54 Å². The van der Waals surface area contributed by atoms with Crippen LogP contribution in [-0.2, 0) is 17.3 Å². The molecule has 2 aromatic rings. The lowest BCUT2D eigenvalue weighted by Gasteiger charge is -2.36. The predicted octanol–water partition coefficient (Wildman–Crippen LogP) is 6.97. The SMILES string of the molecule is C[Si](C)C(c1cc(C(C)(C)C)cc2c1Cc1ccc(C(C)(C)C)cc1-2)C(C)(C)N. The van der Waals surface area contributed by atoms with E-state index in [9.17, 15) is 0 Å². The van der Waals surface area contributed by atoms with E-state index in [1.807, 2.05) is 0 Å². The zero-order chi connectivity index (χ0) is 21.9. The number of hydrogen-bond acceptors (Lipinski definition) is 1. The number of fused-ring (bicyclic) bond motifs is 3. The molecule has 0 heterocycles. The number of rotatable bonds is 3. The lowest BCUT2D eigenvalue weighted by atomic mass is 9.80. The van der Waals surface area contributed by atoms with Crippen LogP contribution in [-0.4, -0.2) is 14.3 Å². The highest BCUT2D eigenvalue weighted by Gasteiger charge is 2.36. The molecule has 0 fully saturated rings. The van der Waals surface area contributed by atoms with Gasteiger partial charge in [-0.1, -0.05) is 85.0 Å². The van der Waals surface area contributed by atoms with E-state index in [1.165, 1.54) is 38.9 Å². The van der Waals surface area contributed by atoms with Crippen LogP contribution in [0.1, 0.15) is 88.7 Å². The van der Waals surface area contributed by atoms with E-state index in [4.69, 9.17) is 5.73 Å². The third kappa shape index (κ3) is 4.25. The maximum Gasteiger partial charge on any atom is 0.0521 e. The van der Waals surface area contributed by atoms with Crippen molar-refractivity contribution < 1.29 is 0 Å². The summed E-state index contributed by atoms with van der Waals surface area (Å²) in [6.45, 7) is 23.1. The molecule has 0 amide bonds. The highest BCUT2D eigenvalue weighted by molar-refractivity contribution is 6.58. The van der Waals surface area contributed by atoms with Crippen LogP contribution in [0.3, 0.4) is 0 Å². The van der Waals surface area contributed by atoms with Crippen LogP contribution in [0.15, 0.2) is 30.3 Å². The van der Waals surface area contributed by atoms with E-state index in [0.717, 1.165) is 6.42 Å². The van der Waals surface area contributed by atoms with E-state index in [-0.39, 0.29) is 16.4 Å². The molecule has 1 radical (unpaired) electrons. The molecule has 0 aliphatic heterocycles. The quantitative estimate of drug-likeness (QED) is 0.467. The molecule has 1 aliphatic rings. The first-order valence-corrected chi connectivity index (χ1v) is 13.6. The molecule has 0 bridgehead atoms. The minimum atomic E-state index is -0.607. The standard InChI is InChI=1S/C27H40NSi/c1-25(2,3)18-12-11-17-13-21-22(20(17)14-18)15-19(26(4,5)6)16-23(21)24(29(9)10)27(7,8)28/h11-12,14-16,24H,13,28H2,1-10H3. The van der Waals surface area contributed by atoms with Crippen molar-refractivity contribution >= 4 is 8.80 Å². The van der Waals surface area contributed by atoms with Gasteiger partial charge in [-0.25, -0.2) is 0 Å². The summed E-state index contributed by atoms with van der Waals surface area (Å²) >= 11 is 0.